The third kappa shape index (κ3) is 9.76. The second kappa shape index (κ2) is 24.0. The van der Waals surface area contributed by atoms with Crippen LogP contribution >= 0.6 is 0 Å². The molecule has 0 saturated carbocycles. The van der Waals surface area contributed by atoms with E-state index in [1.54, 1.807) is 0 Å². The van der Waals surface area contributed by atoms with E-state index in [1.807, 2.05) is 0 Å². The summed E-state index contributed by atoms with van der Waals surface area (Å²) in [5, 5.41) is 20.0. The molecule has 0 aliphatic carbocycles. The Bertz CT molecular complexity index is 7220. The number of fused-ring (bicyclic) bond motifs is 16. The first-order valence-electron chi connectivity index (χ1n) is 35.8. The summed E-state index contributed by atoms with van der Waals surface area (Å²) >= 11 is 0. The molecule has 4 nitrogen and oxygen atoms in total. The Morgan fingerprint density at radius 3 is 0.702 bits per heavy atom. The van der Waals surface area contributed by atoms with Crippen molar-refractivity contribution in [3.05, 3.63) is 388 Å². The fourth-order valence-corrected chi connectivity index (χ4v) is 16.7. The van der Waals surface area contributed by atoms with Crippen molar-refractivity contribution < 1.29 is 0 Å². The van der Waals surface area contributed by atoms with Crippen LogP contribution < -0.4 is 0 Å². The fourth-order valence-electron chi connectivity index (χ4n) is 16.7. The topological polar surface area (TPSA) is 19.7 Å². The summed E-state index contributed by atoms with van der Waals surface area (Å²) < 4.78 is 9.65. The Labute approximate surface area is 600 Å². The molecule has 104 heavy (non-hydrogen) atoms. The number of benzene rings is 18. The van der Waals surface area contributed by atoms with Crippen molar-refractivity contribution in [1.82, 2.24) is 18.3 Å². The zero-order chi connectivity index (χ0) is 68.3. The molecule has 0 fully saturated rings. The molecular formula is C100H64N4. The van der Waals surface area contributed by atoms with Crippen LogP contribution in [0.5, 0.6) is 0 Å². The Hall–Kier alpha value is -13.8. The van der Waals surface area contributed by atoms with Gasteiger partial charge < -0.3 is 18.3 Å². The molecular weight excluding hydrogens is 1260 g/mol. The van der Waals surface area contributed by atoms with Crippen molar-refractivity contribution in [2.24, 2.45) is 0 Å². The zero-order valence-electron chi connectivity index (χ0n) is 56.7. The molecule has 484 valence electrons. The molecule has 0 aliphatic heterocycles. The van der Waals surface area contributed by atoms with Gasteiger partial charge in [-0.15, -0.1) is 0 Å². The molecule has 0 amide bonds. The van der Waals surface area contributed by atoms with Crippen molar-refractivity contribution in [1.29, 1.82) is 0 Å². The zero-order valence-corrected chi connectivity index (χ0v) is 56.7. The Balaban J connectivity index is 0.000000134. The summed E-state index contributed by atoms with van der Waals surface area (Å²) in [6.07, 6.45) is 0. The number of aromatic nitrogens is 4. The van der Waals surface area contributed by atoms with E-state index >= 15 is 0 Å². The molecule has 0 atom stereocenters. The molecule has 0 spiro atoms. The summed E-state index contributed by atoms with van der Waals surface area (Å²) in [7, 11) is 0. The number of nitrogens with zero attached hydrogens (tertiary/aromatic N) is 4. The van der Waals surface area contributed by atoms with Crippen LogP contribution in [0, 0.1) is 0 Å². The van der Waals surface area contributed by atoms with Gasteiger partial charge in [-0.25, -0.2) is 0 Å². The highest BCUT2D eigenvalue weighted by Gasteiger charge is 2.20. The predicted molar refractivity (Wildman–Crippen MR) is 442 cm³/mol. The van der Waals surface area contributed by atoms with Crippen molar-refractivity contribution in [3.8, 4) is 67.3 Å². The normalized spacial score (nSPS) is 11.8. The van der Waals surface area contributed by atoms with Crippen molar-refractivity contribution in [2.45, 2.75) is 0 Å². The van der Waals surface area contributed by atoms with Crippen molar-refractivity contribution in [2.75, 3.05) is 0 Å². The molecule has 0 unspecified atom stereocenters. The number of para-hydroxylation sites is 4. The van der Waals surface area contributed by atoms with Gasteiger partial charge in [0.25, 0.3) is 0 Å². The number of hydrogen-bond donors (Lipinski definition) is 0. The van der Waals surface area contributed by atoms with Gasteiger partial charge in [-0.1, -0.05) is 255 Å². The highest BCUT2D eigenvalue weighted by atomic mass is 15.0. The lowest BCUT2D eigenvalue weighted by Gasteiger charge is -2.11. The van der Waals surface area contributed by atoms with E-state index in [9.17, 15) is 0 Å². The second-order valence-electron chi connectivity index (χ2n) is 27.6. The van der Waals surface area contributed by atoms with Crippen LogP contribution in [-0.4, -0.2) is 18.3 Å². The predicted octanol–water partition coefficient (Wildman–Crippen LogP) is 27.0. The minimum absolute atomic E-state index is 1.17. The van der Waals surface area contributed by atoms with Gasteiger partial charge in [-0.05, 0) is 221 Å². The van der Waals surface area contributed by atoms with E-state index in [2.05, 4.69) is 407 Å². The smallest absolute Gasteiger partial charge is 0.0541 e. The molecule has 4 heteroatoms. The maximum atomic E-state index is 2.42. The molecule has 22 aromatic rings. The monoisotopic (exact) mass is 1320 g/mol. The Kier molecular flexibility index (Phi) is 13.6. The fraction of sp³-hybridized carbons (Fsp3) is 0. The van der Waals surface area contributed by atoms with Gasteiger partial charge in [0, 0.05) is 65.8 Å². The van der Waals surface area contributed by atoms with Crippen LogP contribution in [0.1, 0.15) is 0 Å². The van der Waals surface area contributed by atoms with Gasteiger partial charge in [0.15, 0.2) is 0 Å². The first-order valence-corrected chi connectivity index (χ1v) is 35.8. The van der Waals surface area contributed by atoms with E-state index < -0.39 is 0 Å². The van der Waals surface area contributed by atoms with Crippen LogP contribution in [0.15, 0.2) is 388 Å². The van der Waals surface area contributed by atoms with Gasteiger partial charge in [0.2, 0.25) is 0 Å². The van der Waals surface area contributed by atoms with E-state index in [1.165, 1.54) is 198 Å². The van der Waals surface area contributed by atoms with E-state index in [0.717, 1.165) is 0 Å². The minimum Gasteiger partial charge on any atom is -0.309 e. The molecule has 4 aromatic heterocycles. The largest absolute Gasteiger partial charge is 0.309 e. The third-order valence-corrected chi connectivity index (χ3v) is 21.7. The molecule has 18 aromatic carbocycles. The first-order chi connectivity index (χ1) is 51.5. The van der Waals surface area contributed by atoms with Crippen LogP contribution in [0.25, 0.3) is 198 Å². The molecule has 0 radical (unpaired) electrons. The highest BCUT2D eigenvalue weighted by Crippen LogP contribution is 2.43. The lowest BCUT2D eigenvalue weighted by Crippen LogP contribution is -1.94. The van der Waals surface area contributed by atoms with Crippen LogP contribution in [0.3, 0.4) is 0 Å². The highest BCUT2D eigenvalue weighted by molar-refractivity contribution is 6.15. The standard InChI is InChI=1S/2C50H32N2/c1-2-10-33(11-3-1)37-19-18-35-21-25-42(30-40(35)28-37)52-48-17-9-7-15-44(48)46-32-39(23-27-50(46)52)38-22-26-49-45(31-38)43-14-6-8-16-47(43)51(49)41-24-20-34-12-4-5-13-36(34)29-41;1-2-10-33(11-3-1)36-18-19-38-30-42(25-21-37(38)28-36)52-48-17-9-7-15-44(48)46-32-40(23-27-50(46)52)39-22-26-49-45(31-39)43-14-6-8-16-47(43)51(49)41-24-20-34-12-4-5-13-35(34)29-41/h2*1-32H. The summed E-state index contributed by atoms with van der Waals surface area (Å²) in [4.78, 5) is 0. The molecule has 22 rings (SSSR count). The lowest BCUT2D eigenvalue weighted by molar-refractivity contribution is 1.18. The van der Waals surface area contributed by atoms with Gasteiger partial charge in [0.1, 0.15) is 0 Å². The second-order valence-corrected chi connectivity index (χ2v) is 27.6. The summed E-state index contributed by atoms with van der Waals surface area (Å²) in [6.45, 7) is 0. The van der Waals surface area contributed by atoms with Gasteiger partial charge in [0.05, 0.1) is 44.1 Å². The first kappa shape index (κ1) is 59.1. The SMILES string of the molecule is c1ccc(-c2ccc3cc(-n4c5ccccc5c5cc(-c6ccc7c(c6)c6ccccc6n7-c6ccc7ccccc7c6)ccc54)ccc3c2)cc1.c1ccc(-c2ccc3ccc(-n4c5ccccc5c5cc(-c6ccc7c(c6)c6ccccc6n7-c6ccc7ccccc7c6)ccc54)cc3c2)cc1. The average Bonchev–Trinajstić information content (AvgIpc) is 1.59. The van der Waals surface area contributed by atoms with E-state index in [0.29, 0.717) is 0 Å². The van der Waals surface area contributed by atoms with Crippen LogP contribution in [0.4, 0.5) is 0 Å². The molecule has 4 heterocycles. The maximum Gasteiger partial charge on any atom is 0.0541 e. The lowest BCUT2D eigenvalue weighted by atomic mass is 10.0. The Morgan fingerprint density at radius 2 is 0.337 bits per heavy atom. The minimum atomic E-state index is 1.17. The molecule has 0 aliphatic rings. The van der Waals surface area contributed by atoms with Crippen LogP contribution in [-0.2, 0) is 0 Å². The van der Waals surface area contributed by atoms with Gasteiger partial charge in [-0.2, -0.15) is 0 Å². The molecule has 0 N–H and O–H groups in total. The molecule has 0 saturated heterocycles. The van der Waals surface area contributed by atoms with Gasteiger partial charge >= 0.3 is 0 Å². The summed E-state index contributed by atoms with van der Waals surface area (Å²) in [5.41, 5.74) is 24.2. The summed E-state index contributed by atoms with van der Waals surface area (Å²) in [5.74, 6) is 0. The average molecular weight is 1320 g/mol. The Morgan fingerprint density at radius 1 is 0.115 bits per heavy atom. The number of rotatable bonds is 8. The van der Waals surface area contributed by atoms with Crippen LogP contribution in [0.2, 0.25) is 0 Å². The van der Waals surface area contributed by atoms with Crippen molar-refractivity contribution >= 4 is 130 Å². The van der Waals surface area contributed by atoms with E-state index in [-0.39, 0.29) is 0 Å². The summed E-state index contributed by atoms with van der Waals surface area (Å²) in [6, 6.07) is 142. The quantitative estimate of drug-likeness (QED) is 0.144. The third-order valence-electron chi connectivity index (χ3n) is 21.7. The van der Waals surface area contributed by atoms with Crippen molar-refractivity contribution in [3.63, 3.8) is 0 Å². The molecule has 0 bridgehead atoms. The maximum absolute atomic E-state index is 2.42. The van der Waals surface area contributed by atoms with Gasteiger partial charge in [-0.3, -0.25) is 0 Å². The number of hydrogen-bond acceptors (Lipinski definition) is 0. The van der Waals surface area contributed by atoms with E-state index in [4.69, 9.17) is 0 Å².